The van der Waals surface area contributed by atoms with Gasteiger partial charge in [0.2, 0.25) is 0 Å². The molecule has 0 aromatic heterocycles. The van der Waals surface area contributed by atoms with E-state index < -0.39 is 0 Å². The minimum Gasteiger partial charge on any atom is -0.399 e. The van der Waals surface area contributed by atoms with E-state index in [0.717, 1.165) is 10.9 Å². The molecule has 0 bridgehead atoms. The van der Waals surface area contributed by atoms with Crippen molar-refractivity contribution in [3.8, 4) is 0 Å². The zero-order valence-electron chi connectivity index (χ0n) is 12.1. The van der Waals surface area contributed by atoms with Crippen LogP contribution in [0.1, 0.15) is 37.6 Å². The zero-order valence-corrected chi connectivity index (χ0v) is 13.7. The number of halogens is 1. The van der Waals surface area contributed by atoms with E-state index in [1.165, 1.54) is 0 Å². The molecule has 20 heavy (non-hydrogen) atoms. The Kier molecular flexibility index (Phi) is 4.39. The molecule has 0 spiro atoms. The van der Waals surface area contributed by atoms with Gasteiger partial charge >= 0.3 is 0 Å². The lowest BCUT2D eigenvalue weighted by Gasteiger charge is -2.51. The van der Waals surface area contributed by atoms with Crippen molar-refractivity contribution in [3.63, 3.8) is 0 Å². The first kappa shape index (κ1) is 15.3. The van der Waals surface area contributed by atoms with E-state index in [0.29, 0.717) is 17.9 Å². The zero-order chi connectivity index (χ0) is 14.9. The van der Waals surface area contributed by atoms with Gasteiger partial charge in [0.15, 0.2) is 0 Å². The lowest BCUT2D eigenvalue weighted by molar-refractivity contribution is -0.111. The number of hydrogen-bond donors (Lipinski definition) is 2. The number of ether oxygens (including phenoxy) is 1. The van der Waals surface area contributed by atoms with Crippen LogP contribution in [0.15, 0.2) is 22.7 Å². The summed E-state index contributed by atoms with van der Waals surface area (Å²) in [5.74, 6) is -0.0916. The number of hydrogen-bond acceptors (Lipinski definition) is 3. The van der Waals surface area contributed by atoms with Crippen LogP contribution in [0.3, 0.4) is 0 Å². The molecule has 2 unspecified atom stereocenters. The summed E-state index contributed by atoms with van der Waals surface area (Å²) in [5.41, 5.74) is 6.87. The Morgan fingerprint density at radius 1 is 1.50 bits per heavy atom. The number of carbonyl (C=O) groups excluding carboxylic acids is 1. The summed E-state index contributed by atoms with van der Waals surface area (Å²) in [6, 6.07) is 5.37. The molecule has 3 N–H and O–H groups in total. The van der Waals surface area contributed by atoms with E-state index in [9.17, 15) is 4.79 Å². The van der Waals surface area contributed by atoms with Crippen LogP contribution >= 0.6 is 15.9 Å². The van der Waals surface area contributed by atoms with E-state index in [2.05, 4.69) is 35.1 Å². The first-order chi connectivity index (χ1) is 9.34. The number of nitrogens with two attached hydrogens (primary N) is 1. The predicted octanol–water partition coefficient (Wildman–Crippen LogP) is 2.96. The monoisotopic (exact) mass is 340 g/mol. The highest BCUT2D eigenvalue weighted by molar-refractivity contribution is 9.10. The molecule has 5 heteroatoms. The summed E-state index contributed by atoms with van der Waals surface area (Å²) in [4.78, 5) is 12.3. The number of carbonyl (C=O) groups is 1. The van der Waals surface area contributed by atoms with Crippen LogP contribution in [0.2, 0.25) is 0 Å². The van der Waals surface area contributed by atoms with E-state index in [1.807, 2.05) is 6.92 Å². The van der Waals surface area contributed by atoms with Crippen molar-refractivity contribution >= 4 is 27.5 Å². The summed E-state index contributed by atoms with van der Waals surface area (Å²) >= 11 is 3.35. The fraction of sp³-hybridized carbons (Fsp3) is 0.533. The summed E-state index contributed by atoms with van der Waals surface area (Å²) in [6.45, 7) is 6.94. The van der Waals surface area contributed by atoms with Crippen molar-refractivity contribution < 1.29 is 9.53 Å². The van der Waals surface area contributed by atoms with E-state index in [4.69, 9.17) is 10.5 Å². The molecular formula is C15H21BrN2O2. The molecule has 1 aromatic carbocycles. The van der Waals surface area contributed by atoms with E-state index in [-0.39, 0.29) is 23.5 Å². The van der Waals surface area contributed by atoms with Crippen molar-refractivity contribution in [2.45, 2.75) is 39.3 Å². The third kappa shape index (κ3) is 2.99. The smallest absolute Gasteiger partial charge is 0.251 e. The summed E-state index contributed by atoms with van der Waals surface area (Å²) in [6.07, 6.45) is 1.07. The molecule has 1 saturated carbocycles. The second kappa shape index (κ2) is 5.74. The normalized spacial score (nSPS) is 24.0. The Morgan fingerprint density at radius 3 is 2.75 bits per heavy atom. The Balaban J connectivity index is 2.02. The Morgan fingerprint density at radius 2 is 2.20 bits per heavy atom. The van der Waals surface area contributed by atoms with Crippen LogP contribution in [0.25, 0.3) is 0 Å². The molecule has 0 radical (unpaired) electrons. The number of amides is 1. The van der Waals surface area contributed by atoms with Crippen molar-refractivity contribution in [3.05, 3.63) is 28.2 Å². The summed E-state index contributed by atoms with van der Waals surface area (Å²) in [5, 5.41) is 3.07. The highest BCUT2D eigenvalue weighted by Crippen LogP contribution is 2.42. The highest BCUT2D eigenvalue weighted by Gasteiger charge is 2.49. The molecule has 1 fully saturated rings. The van der Waals surface area contributed by atoms with Gasteiger partial charge in [0.05, 0.1) is 6.10 Å². The van der Waals surface area contributed by atoms with Crippen LogP contribution < -0.4 is 11.1 Å². The number of nitrogen functional groups attached to an aromatic ring is 1. The van der Waals surface area contributed by atoms with Crippen LogP contribution in [0.4, 0.5) is 5.69 Å². The molecular weight excluding hydrogens is 320 g/mol. The molecule has 4 nitrogen and oxygen atoms in total. The number of nitrogens with one attached hydrogen (secondary N) is 1. The van der Waals surface area contributed by atoms with Gasteiger partial charge in [-0.25, -0.2) is 0 Å². The Hall–Kier alpha value is -1.07. The van der Waals surface area contributed by atoms with Gasteiger partial charge < -0.3 is 15.8 Å². The van der Waals surface area contributed by atoms with Gasteiger partial charge in [-0.05, 0) is 31.5 Å². The Bertz CT molecular complexity index is 496. The fourth-order valence-corrected chi connectivity index (χ4v) is 3.11. The first-order valence-electron chi connectivity index (χ1n) is 6.83. The van der Waals surface area contributed by atoms with Crippen LogP contribution in [0.5, 0.6) is 0 Å². The maximum atomic E-state index is 12.3. The lowest BCUT2D eigenvalue weighted by Crippen LogP contribution is -2.62. The van der Waals surface area contributed by atoms with Gasteiger partial charge in [0.25, 0.3) is 5.91 Å². The van der Waals surface area contributed by atoms with Crippen molar-refractivity contribution in [2.75, 3.05) is 12.3 Å². The largest absolute Gasteiger partial charge is 0.399 e. The van der Waals surface area contributed by atoms with Crippen molar-refractivity contribution in [2.24, 2.45) is 5.41 Å². The SMILES string of the molecule is CCOC1CC(NC(=O)c2cc(N)cc(Br)c2)C1(C)C. The molecule has 1 aliphatic carbocycles. The first-order valence-corrected chi connectivity index (χ1v) is 7.62. The van der Waals surface area contributed by atoms with Crippen molar-refractivity contribution in [1.82, 2.24) is 5.32 Å². The van der Waals surface area contributed by atoms with Crippen molar-refractivity contribution in [1.29, 1.82) is 0 Å². The van der Waals surface area contributed by atoms with Gasteiger partial charge in [0, 0.05) is 33.8 Å². The number of anilines is 1. The van der Waals surface area contributed by atoms with Gasteiger partial charge in [-0.15, -0.1) is 0 Å². The maximum Gasteiger partial charge on any atom is 0.251 e. The molecule has 1 aromatic rings. The van der Waals surface area contributed by atoms with Gasteiger partial charge in [-0.3, -0.25) is 4.79 Å². The van der Waals surface area contributed by atoms with Crippen LogP contribution in [0, 0.1) is 5.41 Å². The molecule has 0 heterocycles. The second-order valence-corrected chi connectivity index (χ2v) is 6.72. The standard InChI is InChI=1S/C15H21BrN2O2/c1-4-20-13-8-12(15(13,2)3)18-14(19)9-5-10(16)7-11(17)6-9/h5-7,12-13H,4,8,17H2,1-3H3,(H,18,19). The van der Waals surface area contributed by atoms with E-state index in [1.54, 1.807) is 18.2 Å². The molecule has 1 aliphatic rings. The number of rotatable bonds is 4. The van der Waals surface area contributed by atoms with Gasteiger partial charge in [0.1, 0.15) is 0 Å². The second-order valence-electron chi connectivity index (χ2n) is 5.80. The van der Waals surface area contributed by atoms with Crippen LogP contribution in [-0.4, -0.2) is 24.7 Å². The Labute approximate surface area is 128 Å². The third-order valence-corrected chi connectivity index (χ3v) is 4.49. The molecule has 0 aliphatic heterocycles. The minimum absolute atomic E-state index is 0.0385. The molecule has 110 valence electrons. The predicted molar refractivity (Wildman–Crippen MR) is 83.6 cm³/mol. The minimum atomic E-state index is -0.0916. The molecule has 2 atom stereocenters. The van der Waals surface area contributed by atoms with Gasteiger partial charge in [-0.2, -0.15) is 0 Å². The molecule has 1 amide bonds. The average Bonchev–Trinajstić information content (AvgIpc) is 2.36. The maximum absolute atomic E-state index is 12.3. The van der Waals surface area contributed by atoms with Crippen LogP contribution in [-0.2, 0) is 4.74 Å². The fourth-order valence-electron chi connectivity index (χ4n) is 2.60. The topological polar surface area (TPSA) is 64.3 Å². The molecule has 2 rings (SSSR count). The summed E-state index contributed by atoms with van der Waals surface area (Å²) < 4.78 is 6.48. The quantitative estimate of drug-likeness (QED) is 0.828. The number of benzene rings is 1. The average molecular weight is 341 g/mol. The van der Waals surface area contributed by atoms with Gasteiger partial charge in [-0.1, -0.05) is 29.8 Å². The molecule has 0 saturated heterocycles. The van der Waals surface area contributed by atoms with E-state index >= 15 is 0 Å². The summed E-state index contributed by atoms with van der Waals surface area (Å²) in [7, 11) is 0. The lowest BCUT2D eigenvalue weighted by atomic mass is 9.64. The highest BCUT2D eigenvalue weighted by atomic mass is 79.9. The third-order valence-electron chi connectivity index (χ3n) is 4.03.